The first kappa shape index (κ1) is 12.6. The summed E-state index contributed by atoms with van der Waals surface area (Å²) in [6.45, 7) is 0.556. The second-order valence-electron chi connectivity index (χ2n) is 4.02. The van der Waals surface area contributed by atoms with Crippen molar-refractivity contribution < 1.29 is 14.7 Å². The first-order chi connectivity index (χ1) is 8.58. The summed E-state index contributed by atoms with van der Waals surface area (Å²) in [6.07, 6.45) is 2.28. The van der Waals surface area contributed by atoms with Gasteiger partial charge in [0.2, 0.25) is 5.91 Å². The summed E-state index contributed by atoms with van der Waals surface area (Å²) in [7, 11) is 0. The molecule has 1 aromatic rings. The predicted octanol–water partition coefficient (Wildman–Crippen LogP) is 2.39. The average Bonchev–Trinajstić information content (AvgIpc) is 2.73. The highest BCUT2D eigenvalue weighted by molar-refractivity contribution is 6.30. The second-order valence-corrected chi connectivity index (χ2v) is 4.46. The summed E-state index contributed by atoms with van der Waals surface area (Å²) in [5.41, 5.74) is 1.10. The minimum atomic E-state index is -1.07. The summed E-state index contributed by atoms with van der Waals surface area (Å²) in [6, 6.07) is 6.77. The Morgan fingerprint density at radius 3 is 2.50 bits per heavy atom. The van der Waals surface area contributed by atoms with E-state index < -0.39 is 5.97 Å². The first-order valence-electron chi connectivity index (χ1n) is 5.59. The van der Waals surface area contributed by atoms with Crippen molar-refractivity contribution in [1.82, 2.24) is 4.90 Å². The fourth-order valence-corrected chi connectivity index (χ4v) is 2.08. The highest BCUT2D eigenvalue weighted by Crippen LogP contribution is 2.25. The molecule has 1 amide bonds. The van der Waals surface area contributed by atoms with Gasteiger partial charge in [0.1, 0.15) is 0 Å². The van der Waals surface area contributed by atoms with Gasteiger partial charge in [-0.25, -0.2) is 4.79 Å². The van der Waals surface area contributed by atoms with Gasteiger partial charge in [-0.1, -0.05) is 23.7 Å². The Balaban J connectivity index is 2.40. The Hall–Kier alpha value is -1.81. The van der Waals surface area contributed by atoms with Crippen LogP contribution in [-0.2, 0) is 9.59 Å². The lowest BCUT2D eigenvalue weighted by atomic mass is 10.1. The third-order valence-corrected chi connectivity index (χ3v) is 3.02. The van der Waals surface area contributed by atoms with Gasteiger partial charge in [-0.3, -0.25) is 4.79 Å². The number of carboxylic acid groups (broad SMARTS) is 1. The molecule has 2 rings (SSSR count). The van der Waals surface area contributed by atoms with E-state index in [9.17, 15) is 9.59 Å². The van der Waals surface area contributed by atoms with Crippen LogP contribution in [0.4, 0.5) is 0 Å². The van der Waals surface area contributed by atoms with Crippen LogP contribution in [0, 0.1) is 0 Å². The number of rotatable bonds is 3. The van der Waals surface area contributed by atoms with Gasteiger partial charge < -0.3 is 10.0 Å². The van der Waals surface area contributed by atoms with Gasteiger partial charge >= 0.3 is 5.97 Å². The van der Waals surface area contributed by atoms with Crippen LogP contribution in [0.2, 0.25) is 5.02 Å². The molecule has 4 nitrogen and oxygen atoms in total. The van der Waals surface area contributed by atoms with E-state index in [4.69, 9.17) is 16.7 Å². The van der Waals surface area contributed by atoms with Crippen LogP contribution < -0.4 is 0 Å². The molecule has 0 radical (unpaired) electrons. The quantitative estimate of drug-likeness (QED) is 0.854. The Labute approximate surface area is 109 Å². The molecule has 1 heterocycles. The van der Waals surface area contributed by atoms with Crippen LogP contribution in [0.1, 0.15) is 18.4 Å². The zero-order chi connectivity index (χ0) is 13.1. The number of amides is 1. The molecule has 0 unspecified atom stereocenters. The molecule has 0 spiro atoms. The van der Waals surface area contributed by atoms with Crippen molar-refractivity contribution in [2.75, 3.05) is 6.54 Å². The summed E-state index contributed by atoms with van der Waals surface area (Å²) in [5, 5.41) is 9.48. The van der Waals surface area contributed by atoms with Crippen LogP contribution in [0.3, 0.4) is 0 Å². The Bertz CT molecular complexity index is 507. The van der Waals surface area contributed by atoms with Crippen LogP contribution in [-0.4, -0.2) is 28.4 Å². The molecular formula is C13H12ClNO3. The van der Waals surface area contributed by atoms with Crippen LogP contribution in [0.5, 0.6) is 0 Å². The molecule has 1 fully saturated rings. The third kappa shape index (κ3) is 2.71. The fourth-order valence-electron chi connectivity index (χ4n) is 1.96. The molecule has 0 saturated carbocycles. The molecule has 0 bridgehead atoms. The maximum absolute atomic E-state index is 11.7. The summed E-state index contributed by atoms with van der Waals surface area (Å²) in [5.74, 6) is -1.11. The predicted molar refractivity (Wildman–Crippen MR) is 68.0 cm³/mol. The van der Waals surface area contributed by atoms with Gasteiger partial charge in [-0.05, 0) is 24.1 Å². The van der Waals surface area contributed by atoms with Gasteiger partial charge in [-0.15, -0.1) is 0 Å². The largest absolute Gasteiger partial charge is 0.478 e. The van der Waals surface area contributed by atoms with E-state index in [1.165, 1.54) is 4.90 Å². The number of benzene rings is 1. The van der Waals surface area contributed by atoms with E-state index in [0.717, 1.165) is 12.5 Å². The van der Waals surface area contributed by atoms with E-state index in [-0.39, 0.29) is 5.91 Å². The Morgan fingerprint density at radius 2 is 2.00 bits per heavy atom. The van der Waals surface area contributed by atoms with E-state index in [0.29, 0.717) is 29.2 Å². The van der Waals surface area contributed by atoms with E-state index >= 15 is 0 Å². The van der Waals surface area contributed by atoms with Gasteiger partial charge in [0.25, 0.3) is 0 Å². The number of carbonyl (C=O) groups excluding carboxylic acids is 1. The molecule has 1 aliphatic heterocycles. The summed E-state index contributed by atoms with van der Waals surface area (Å²) < 4.78 is 0. The maximum atomic E-state index is 11.7. The molecule has 1 saturated heterocycles. The van der Waals surface area contributed by atoms with Crippen molar-refractivity contribution in [3.8, 4) is 0 Å². The second kappa shape index (κ2) is 5.23. The third-order valence-electron chi connectivity index (χ3n) is 2.76. The normalized spacial score (nSPS) is 16.2. The molecule has 18 heavy (non-hydrogen) atoms. The average molecular weight is 266 g/mol. The van der Waals surface area contributed by atoms with Crippen molar-refractivity contribution >= 4 is 29.2 Å². The smallest absolute Gasteiger partial charge is 0.330 e. The van der Waals surface area contributed by atoms with E-state index in [2.05, 4.69) is 0 Å². The molecule has 0 aromatic heterocycles. The number of aliphatic carboxylic acids is 1. The number of carboxylic acids is 1. The number of halogens is 1. The minimum Gasteiger partial charge on any atom is -0.478 e. The lowest BCUT2D eigenvalue weighted by Crippen LogP contribution is -2.23. The molecule has 1 aliphatic rings. The number of hydrogen-bond donors (Lipinski definition) is 1. The summed E-state index contributed by atoms with van der Waals surface area (Å²) >= 11 is 5.79. The zero-order valence-electron chi connectivity index (χ0n) is 9.60. The van der Waals surface area contributed by atoms with Crippen molar-refractivity contribution in [1.29, 1.82) is 0 Å². The monoisotopic (exact) mass is 265 g/mol. The zero-order valence-corrected chi connectivity index (χ0v) is 10.4. The maximum Gasteiger partial charge on any atom is 0.330 e. The number of likely N-dealkylation sites (tertiary alicyclic amines) is 1. The van der Waals surface area contributed by atoms with Crippen molar-refractivity contribution in [3.05, 3.63) is 40.9 Å². The number of carbonyl (C=O) groups is 2. The molecule has 1 N–H and O–H groups in total. The molecule has 0 aliphatic carbocycles. The molecule has 0 atom stereocenters. The number of nitrogens with zero attached hydrogens (tertiary/aromatic N) is 1. The van der Waals surface area contributed by atoms with Crippen LogP contribution >= 0.6 is 11.6 Å². The molecular weight excluding hydrogens is 254 g/mol. The molecule has 5 heteroatoms. The topological polar surface area (TPSA) is 57.6 Å². The highest BCUT2D eigenvalue weighted by Gasteiger charge is 2.25. The van der Waals surface area contributed by atoms with E-state index in [1.54, 1.807) is 24.3 Å². The van der Waals surface area contributed by atoms with Gasteiger partial charge in [-0.2, -0.15) is 0 Å². The minimum absolute atomic E-state index is 0.0440. The van der Waals surface area contributed by atoms with E-state index in [1.807, 2.05) is 0 Å². The van der Waals surface area contributed by atoms with Gasteiger partial charge in [0.15, 0.2) is 0 Å². The van der Waals surface area contributed by atoms with Gasteiger partial charge in [0.05, 0.1) is 5.70 Å². The van der Waals surface area contributed by atoms with Crippen LogP contribution in [0.25, 0.3) is 5.70 Å². The van der Waals surface area contributed by atoms with Crippen molar-refractivity contribution in [2.24, 2.45) is 0 Å². The molecule has 1 aromatic carbocycles. The molecule has 94 valence electrons. The lowest BCUT2D eigenvalue weighted by Gasteiger charge is -2.19. The Kier molecular flexibility index (Phi) is 3.67. The Morgan fingerprint density at radius 1 is 1.33 bits per heavy atom. The highest BCUT2D eigenvalue weighted by atomic mass is 35.5. The summed E-state index contributed by atoms with van der Waals surface area (Å²) in [4.78, 5) is 24.1. The van der Waals surface area contributed by atoms with Crippen LogP contribution in [0.15, 0.2) is 30.3 Å². The fraction of sp³-hybridized carbons (Fsp3) is 0.231. The SMILES string of the molecule is O=C(O)C=C(c1ccc(Cl)cc1)N1CCCC1=O. The standard InChI is InChI=1S/C13H12ClNO3/c14-10-5-3-9(4-6-10)11(8-13(17)18)15-7-1-2-12(15)16/h3-6,8H,1-2,7H2,(H,17,18). The van der Waals surface area contributed by atoms with Crippen molar-refractivity contribution in [3.63, 3.8) is 0 Å². The first-order valence-corrected chi connectivity index (χ1v) is 5.96. The number of hydrogen-bond acceptors (Lipinski definition) is 2. The van der Waals surface area contributed by atoms with Gasteiger partial charge in [0, 0.05) is 24.1 Å². The van der Waals surface area contributed by atoms with Crippen molar-refractivity contribution in [2.45, 2.75) is 12.8 Å². The lowest BCUT2D eigenvalue weighted by molar-refractivity contribution is -0.131.